The summed E-state index contributed by atoms with van der Waals surface area (Å²) in [6.45, 7) is 3.80. The number of rotatable bonds is 4. The van der Waals surface area contributed by atoms with Gasteiger partial charge in [-0.3, -0.25) is 0 Å². The molecule has 0 bridgehead atoms. The lowest BCUT2D eigenvalue weighted by atomic mass is 9.81. The van der Waals surface area contributed by atoms with Gasteiger partial charge in [0.15, 0.2) is 6.29 Å². The molecular formula is C21H32F2O2. The molecule has 0 radical (unpaired) electrons. The van der Waals surface area contributed by atoms with Gasteiger partial charge in [-0.2, -0.15) is 8.78 Å². The van der Waals surface area contributed by atoms with E-state index in [0.29, 0.717) is 11.8 Å². The quantitative estimate of drug-likeness (QED) is 0.581. The minimum atomic E-state index is -1.55. The Morgan fingerprint density at radius 1 is 0.760 bits per heavy atom. The summed E-state index contributed by atoms with van der Waals surface area (Å²) in [7, 11) is 0. The fraction of sp³-hybridized carbons (Fsp3) is 0.810. The Hall–Kier alpha value is -0.740. The average molecular weight is 354 g/mol. The van der Waals surface area contributed by atoms with Gasteiger partial charge in [-0.1, -0.05) is 31.9 Å². The Morgan fingerprint density at radius 2 is 1.32 bits per heavy atom. The second kappa shape index (κ2) is 9.27. The molecule has 1 saturated heterocycles. The van der Waals surface area contributed by atoms with Crippen LogP contribution in [0.3, 0.4) is 0 Å². The summed E-state index contributed by atoms with van der Waals surface area (Å²) in [5.41, 5.74) is 0. The van der Waals surface area contributed by atoms with Crippen LogP contribution in [0.5, 0.6) is 0 Å². The molecular weight excluding hydrogens is 322 g/mol. The van der Waals surface area contributed by atoms with E-state index in [-0.39, 0.29) is 12.2 Å². The maximum absolute atomic E-state index is 12.3. The SMILES string of the molecule is CC1CCC(/C=C/C2COC(C3CCC(C=C(F)F)CC3)OC2)CC1. The van der Waals surface area contributed by atoms with Crippen LogP contribution in [0.25, 0.3) is 0 Å². The molecule has 0 aromatic heterocycles. The summed E-state index contributed by atoms with van der Waals surface area (Å²) < 4.78 is 36.6. The highest BCUT2D eigenvalue weighted by atomic mass is 19.3. The minimum Gasteiger partial charge on any atom is -0.352 e. The van der Waals surface area contributed by atoms with Crippen molar-refractivity contribution in [1.29, 1.82) is 0 Å². The average Bonchev–Trinajstić information content (AvgIpc) is 2.62. The molecule has 2 nitrogen and oxygen atoms in total. The summed E-state index contributed by atoms with van der Waals surface area (Å²) >= 11 is 0. The highest BCUT2D eigenvalue weighted by molar-refractivity contribution is 4.96. The van der Waals surface area contributed by atoms with E-state index in [1.54, 1.807) is 0 Å². The Labute approximate surface area is 150 Å². The van der Waals surface area contributed by atoms with Crippen molar-refractivity contribution >= 4 is 0 Å². The van der Waals surface area contributed by atoms with Gasteiger partial charge in [0.2, 0.25) is 0 Å². The molecule has 142 valence electrons. The number of hydrogen-bond donors (Lipinski definition) is 0. The largest absolute Gasteiger partial charge is 0.352 e. The third-order valence-corrected chi connectivity index (χ3v) is 6.23. The summed E-state index contributed by atoms with van der Waals surface area (Å²) in [5, 5.41) is 0. The van der Waals surface area contributed by atoms with E-state index in [4.69, 9.17) is 9.47 Å². The molecule has 0 amide bonds. The molecule has 1 aliphatic heterocycles. The molecule has 3 rings (SSSR count). The second-order valence-corrected chi connectivity index (χ2v) is 8.33. The maximum Gasteiger partial charge on any atom is 0.266 e. The van der Waals surface area contributed by atoms with Crippen molar-refractivity contribution in [3.8, 4) is 0 Å². The van der Waals surface area contributed by atoms with E-state index in [1.165, 1.54) is 25.7 Å². The zero-order chi connectivity index (χ0) is 17.6. The molecule has 0 unspecified atom stereocenters. The summed E-state index contributed by atoms with van der Waals surface area (Å²) in [6, 6.07) is 0. The molecule has 3 aliphatic rings. The summed E-state index contributed by atoms with van der Waals surface area (Å²) in [6.07, 6.45) is 12.9. The highest BCUT2D eigenvalue weighted by Gasteiger charge is 2.31. The Balaban J connectivity index is 1.37. The first-order chi connectivity index (χ1) is 12.1. The van der Waals surface area contributed by atoms with Gasteiger partial charge in [0.05, 0.1) is 13.2 Å². The van der Waals surface area contributed by atoms with Crippen molar-refractivity contribution in [3.63, 3.8) is 0 Å². The molecule has 25 heavy (non-hydrogen) atoms. The fourth-order valence-corrected chi connectivity index (χ4v) is 4.47. The Bertz CT molecular complexity index is 449. The lowest BCUT2D eigenvalue weighted by Crippen LogP contribution is -2.38. The van der Waals surface area contributed by atoms with Crippen LogP contribution in [-0.4, -0.2) is 19.5 Å². The molecule has 4 heteroatoms. The highest BCUT2D eigenvalue weighted by Crippen LogP contribution is 2.35. The molecule has 0 spiro atoms. The number of halogens is 2. The molecule has 1 heterocycles. The zero-order valence-corrected chi connectivity index (χ0v) is 15.3. The van der Waals surface area contributed by atoms with Crippen LogP contribution >= 0.6 is 0 Å². The minimum absolute atomic E-state index is 0.0266. The van der Waals surface area contributed by atoms with Crippen LogP contribution in [0.1, 0.15) is 58.3 Å². The van der Waals surface area contributed by atoms with E-state index < -0.39 is 6.08 Å². The molecule has 0 aromatic rings. The third kappa shape index (κ3) is 5.89. The van der Waals surface area contributed by atoms with Crippen molar-refractivity contribution in [3.05, 3.63) is 24.3 Å². The molecule has 3 fully saturated rings. The van der Waals surface area contributed by atoms with E-state index >= 15 is 0 Å². The van der Waals surface area contributed by atoms with Gasteiger partial charge in [-0.25, -0.2) is 0 Å². The third-order valence-electron chi connectivity index (χ3n) is 6.23. The van der Waals surface area contributed by atoms with Crippen molar-refractivity contribution < 1.29 is 18.3 Å². The molecule has 2 saturated carbocycles. The first kappa shape index (κ1) is 19.0. The Kier molecular flexibility index (Phi) is 7.06. The zero-order valence-electron chi connectivity index (χ0n) is 15.3. The van der Waals surface area contributed by atoms with E-state index in [9.17, 15) is 8.78 Å². The fourth-order valence-electron chi connectivity index (χ4n) is 4.47. The van der Waals surface area contributed by atoms with Crippen LogP contribution in [-0.2, 0) is 9.47 Å². The van der Waals surface area contributed by atoms with Gasteiger partial charge in [-0.05, 0) is 62.4 Å². The van der Waals surface area contributed by atoms with Crippen molar-refractivity contribution in [2.45, 2.75) is 64.6 Å². The summed E-state index contributed by atoms with van der Waals surface area (Å²) in [5.74, 6) is 2.36. The first-order valence-corrected chi connectivity index (χ1v) is 10.0. The van der Waals surface area contributed by atoms with E-state index in [1.807, 2.05) is 0 Å². The van der Waals surface area contributed by atoms with Crippen molar-refractivity contribution in [2.24, 2.45) is 29.6 Å². The first-order valence-electron chi connectivity index (χ1n) is 10.0. The smallest absolute Gasteiger partial charge is 0.266 e. The van der Waals surface area contributed by atoms with Crippen LogP contribution in [0.2, 0.25) is 0 Å². The Morgan fingerprint density at radius 3 is 1.92 bits per heavy atom. The number of allylic oxidation sites excluding steroid dienone is 2. The second-order valence-electron chi connectivity index (χ2n) is 8.33. The van der Waals surface area contributed by atoms with Gasteiger partial charge in [0, 0.05) is 11.8 Å². The number of ether oxygens (including phenoxy) is 2. The predicted molar refractivity (Wildman–Crippen MR) is 95.2 cm³/mol. The standard InChI is InChI=1S/C21H32F2O2/c1-15-2-4-16(5-3-15)6-7-18-13-24-21(25-14-18)19-10-8-17(9-11-19)12-20(22)23/h6-7,12,15-19,21H,2-5,8-11,13-14H2,1H3/b7-6+. The van der Waals surface area contributed by atoms with Crippen LogP contribution in [0, 0.1) is 29.6 Å². The topological polar surface area (TPSA) is 18.5 Å². The van der Waals surface area contributed by atoms with Gasteiger partial charge < -0.3 is 9.47 Å². The van der Waals surface area contributed by atoms with E-state index in [0.717, 1.165) is 56.8 Å². The lowest BCUT2D eigenvalue weighted by Gasteiger charge is -2.36. The molecule has 0 aromatic carbocycles. The van der Waals surface area contributed by atoms with Crippen LogP contribution < -0.4 is 0 Å². The van der Waals surface area contributed by atoms with E-state index in [2.05, 4.69) is 19.1 Å². The van der Waals surface area contributed by atoms with Gasteiger partial charge in [0.25, 0.3) is 6.08 Å². The van der Waals surface area contributed by atoms with Crippen molar-refractivity contribution in [2.75, 3.05) is 13.2 Å². The monoisotopic (exact) mass is 354 g/mol. The molecule has 2 aliphatic carbocycles. The van der Waals surface area contributed by atoms with Crippen molar-refractivity contribution in [1.82, 2.24) is 0 Å². The van der Waals surface area contributed by atoms with Crippen LogP contribution in [0.15, 0.2) is 24.3 Å². The van der Waals surface area contributed by atoms with Crippen LogP contribution in [0.4, 0.5) is 8.78 Å². The summed E-state index contributed by atoms with van der Waals surface area (Å²) in [4.78, 5) is 0. The maximum atomic E-state index is 12.3. The molecule has 0 atom stereocenters. The molecule has 0 N–H and O–H groups in total. The normalized spacial score (nSPS) is 40.1. The van der Waals surface area contributed by atoms with Gasteiger partial charge >= 0.3 is 0 Å². The number of hydrogen-bond acceptors (Lipinski definition) is 2. The lowest BCUT2D eigenvalue weighted by molar-refractivity contribution is -0.222. The van der Waals surface area contributed by atoms with Gasteiger partial charge in [0.1, 0.15) is 0 Å². The van der Waals surface area contributed by atoms with Gasteiger partial charge in [-0.15, -0.1) is 0 Å². The predicted octanol–water partition coefficient (Wildman–Crippen LogP) is 5.94.